The minimum atomic E-state index is -0.855. The minimum absolute atomic E-state index is 0.202. The third kappa shape index (κ3) is 2.77. The molecule has 114 valence electrons. The molecule has 1 aromatic rings. The van der Waals surface area contributed by atoms with Gasteiger partial charge in [0.1, 0.15) is 0 Å². The molecule has 0 atom stereocenters. The van der Waals surface area contributed by atoms with Crippen molar-refractivity contribution in [2.75, 3.05) is 0 Å². The molecule has 0 radical (unpaired) electrons. The first-order valence-corrected chi connectivity index (χ1v) is 7.62. The zero-order valence-electron chi connectivity index (χ0n) is 14.1. The molecule has 1 N–H and O–H groups in total. The van der Waals surface area contributed by atoms with Gasteiger partial charge in [-0.25, -0.2) is 4.79 Å². The molecule has 1 heterocycles. The second-order valence-corrected chi connectivity index (χ2v) is 6.83. The van der Waals surface area contributed by atoms with Crippen molar-refractivity contribution in [1.29, 1.82) is 0 Å². The lowest BCUT2D eigenvalue weighted by molar-refractivity contribution is 0.194. The van der Waals surface area contributed by atoms with Crippen molar-refractivity contribution in [3.05, 3.63) is 22.5 Å². The molecule has 0 amide bonds. The number of aromatic nitrogens is 1. The molecule has 0 spiro atoms. The van der Waals surface area contributed by atoms with Gasteiger partial charge in [0.15, 0.2) is 0 Å². The van der Waals surface area contributed by atoms with Gasteiger partial charge in [-0.2, -0.15) is 0 Å². The summed E-state index contributed by atoms with van der Waals surface area (Å²) in [6.07, 6.45) is -0.855. The van der Waals surface area contributed by atoms with Gasteiger partial charge in [-0.1, -0.05) is 55.4 Å². The van der Waals surface area contributed by atoms with Gasteiger partial charge in [0.2, 0.25) is 0 Å². The maximum Gasteiger partial charge on any atom is 0.415 e. The smallest absolute Gasteiger partial charge is 0.415 e. The van der Waals surface area contributed by atoms with E-state index in [4.69, 9.17) is 0 Å². The Morgan fingerprint density at radius 2 is 1.05 bits per heavy atom. The monoisotopic (exact) mass is 279 g/mol. The van der Waals surface area contributed by atoms with Crippen LogP contribution in [0.1, 0.15) is 102 Å². The lowest BCUT2D eigenvalue weighted by Crippen LogP contribution is -2.17. The van der Waals surface area contributed by atoms with E-state index in [1.54, 1.807) is 4.57 Å². The fourth-order valence-electron chi connectivity index (χ4n) is 3.20. The van der Waals surface area contributed by atoms with E-state index in [2.05, 4.69) is 55.4 Å². The van der Waals surface area contributed by atoms with E-state index in [0.29, 0.717) is 11.8 Å². The zero-order chi connectivity index (χ0) is 15.8. The Bertz CT molecular complexity index is 456. The van der Waals surface area contributed by atoms with Crippen LogP contribution in [0.25, 0.3) is 0 Å². The molecule has 1 rings (SSSR count). The van der Waals surface area contributed by atoms with Gasteiger partial charge < -0.3 is 5.11 Å². The maximum absolute atomic E-state index is 11.8. The lowest BCUT2D eigenvalue weighted by Gasteiger charge is -2.16. The summed E-state index contributed by atoms with van der Waals surface area (Å²) in [4.78, 5) is 11.8. The number of hydrogen-bond donors (Lipinski definition) is 1. The van der Waals surface area contributed by atoms with Crippen LogP contribution in [0.5, 0.6) is 0 Å². The number of carboxylic acid groups (broad SMARTS) is 1. The van der Waals surface area contributed by atoms with Crippen molar-refractivity contribution in [3.63, 3.8) is 0 Å². The molecule has 3 heteroatoms. The summed E-state index contributed by atoms with van der Waals surface area (Å²) in [7, 11) is 0. The standard InChI is InChI=1S/C17H29NO2/c1-9(2)13-14(10(3)4)16(12(7)8)18(17(19)20)15(13)11(5)6/h9-12H,1-8H3,(H,19,20). The minimum Gasteiger partial charge on any atom is -0.464 e. The molecular formula is C17H29NO2. The topological polar surface area (TPSA) is 42.2 Å². The molecule has 0 aliphatic carbocycles. The van der Waals surface area contributed by atoms with Gasteiger partial charge in [-0.3, -0.25) is 4.57 Å². The van der Waals surface area contributed by atoms with Crippen LogP contribution in [-0.2, 0) is 0 Å². The summed E-state index contributed by atoms with van der Waals surface area (Å²) >= 11 is 0. The van der Waals surface area contributed by atoms with Gasteiger partial charge in [0, 0.05) is 11.4 Å². The van der Waals surface area contributed by atoms with Crippen LogP contribution in [0.15, 0.2) is 0 Å². The molecule has 0 aliphatic rings. The second-order valence-electron chi connectivity index (χ2n) is 6.83. The summed E-state index contributed by atoms with van der Waals surface area (Å²) < 4.78 is 1.56. The van der Waals surface area contributed by atoms with E-state index in [1.807, 2.05) is 0 Å². The summed E-state index contributed by atoms with van der Waals surface area (Å²) in [6.45, 7) is 16.9. The largest absolute Gasteiger partial charge is 0.464 e. The molecule has 3 nitrogen and oxygen atoms in total. The Hall–Kier alpha value is -1.25. The molecule has 1 aromatic heterocycles. The van der Waals surface area contributed by atoms with Crippen LogP contribution in [0, 0.1) is 0 Å². The van der Waals surface area contributed by atoms with E-state index < -0.39 is 6.09 Å². The number of rotatable bonds is 4. The van der Waals surface area contributed by atoms with Gasteiger partial charge in [0.05, 0.1) is 0 Å². The first kappa shape index (κ1) is 16.8. The van der Waals surface area contributed by atoms with Crippen LogP contribution in [0.3, 0.4) is 0 Å². The Morgan fingerprint density at radius 3 is 1.20 bits per heavy atom. The van der Waals surface area contributed by atoms with Crippen LogP contribution >= 0.6 is 0 Å². The summed E-state index contributed by atoms with van der Waals surface area (Å²) in [5.74, 6) is 1.08. The Balaban J connectivity index is 3.90. The predicted molar refractivity (Wildman–Crippen MR) is 84.2 cm³/mol. The average Bonchev–Trinajstić information content (AvgIpc) is 2.64. The molecular weight excluding hydrogens is 250 g/mol. The van der Waals surface area contributed by atoms with Crippen molar-refractivity contribution in [1.82, 2.24) is 4.57 Å². The molecule has 0 aliphatic heterocycles. The third-order valence-electron chi connectivity index (χ3n) is 3.76. The first-order valence-electron chi connectivity index (χ1n) is 7.62. The third-order valence-corrected chi connectivity index (χ3v) is 3.76. The molecule has 0 aromatic carbocycles. The fourth-order valence-corrected chi connectivity index (χ4v) is 3.20. The molecule has 0 unspecified atom stereocenters. The number of carbonyl (C=O) groups is 1. The zero-order valence-corrected chi connectivity index (χ0v) is 14.1. The molecule has 0 bridgehead atoms. The average molecular weight is 279 g/mol. The second kappa shape index (κ2) is 6.02. The lowest BCUT2D eigenvalue weighted by atomic mass is 9.87. The predicted octanol–water partition coefficient (Wildman–Crippen LogP) is 5.51. The normalized spacial score (nSPS) is 12.2. The first-order chi connectivity index (χ1) is 9.11. The highest BCUT2D eigenvalue weighted by Crippen LogP contribution is 2.40. The van der Waals surface area contributed by atoms with Gasteiger partial charge in [0.25, 0.3) is 0 Å². The van der Waals surface area contributed by atoms with Gasteiger partial charge >= 0.3 is 6.09 Å². The molecule has 0 saturated carbocycles. The van der Waals surface area contributed by atoms with E-state index in [0.717, 1.165) is 11.4 Å². The van der Waals surface area contributed by atoms with E-state index in [1.165, 1.54) is 11.1 Å². The van der Waals surface area contributed by atoms with Crippen LogP contribution < -0.4 is 0 Å². The van der Waals surface area contributed by atoms with E-state index in [-0.39, 0.29) is 11.8 Å². The number of nitrogens with zero attached hydrogens (tertiary/aromatic N) is 1. The van der Waals surface area contributed by atoms with E-state index >= 15 is 0 Å². The van der Waals surface area contributed by atoms with Crippen LogP contribution in [0.2, 0.25) is 0 Å². The van der Waals surface area contributed by atoms with Crippen LogP contribution in [0.4, 0.5) is 4.79 Å². The maximum atomic E-state index is 11.8. The molecule has 0 fully saturated rings. The summed E-state index contributed by atoms with van der Waals surface area (Å²) in [5, 5.41) is 9.71. The van der Waals surface area contributed by atoms with Gasteiger partial charge in [-0.05, 0) is 34.8 Å². The van der Waals surface area contributed by atoms with Crippen molar-refractivity contribution in [3.8, 4) is 0 Å². The van der Waals surface area contributed by atoms with Crippen LogP contribution in [-0.4, -0.2) is 15.8 Å². The van der Waals surface area contributed by atoms with E-state index in [9.17, 15) is 9.90 Å². The highest BCUT2D eigenvalue weighted by atomic mass is 16.4. The van der Waals surface area contributed by atoms with Crippen molar-refractivity contribution >= 4 is 6.09 Å². The highest BCUT2D eigenvalue weighted by Gasteiger charge is 2.31. The Labute approximate surface area is 123 Å². The molecule has 0 saturated heterocycles. The van der Waals surface area contributed by atoms with Crippen molar-refractivity contribution in [2.24, 2.45) is 0 Å². The van der Waals surface area contributed by atoms with Crippen molar-refractivity contribution < 1.29 is 9.90 Å². The molecule has 20 heavy (non-hydrogen) atoms. The summed E-state index contributed by atoms with van der Waals surface area (Å²) in [6, 6.07) is 0. The van der Waals surface area contributed by atoms with Gasteiger partial charge in [-0.15, -0.1) is 0 Å². The van der Waals surface area contributed by atoms with Crippen molar-refractivity contribution in [2.45, 2.75) is 79.1 Å². The quantitative estimate of drug-likeness (QED) is 0.789. The summed E-state index contributed by atoms with van der Waals surface area (Å²) in [5.41, 5.74) is 4.42. The SMILES string of the molecule is CC(C)c1c(C(C)C)c(C(C)C)n(C(=O)O)c1C(C)C. The Morgan fingerprint density at radius 1 is 0.750 bits per heavy atom. The number of hydrogen-bond acceptors (Lipinski definition) is 1. The fraction of sp³-hybridized carbons (Fsp3) is 0.706. The Kier molecular flexibility index (Phi) is 5.06. The highest BCUT2D eigenvalue weighted by molar-refractivity contribution is 5.73.